The first-order valence-electron chi connectivity index (χ1n) is 9.16. The van der Waals surface area contributed by atoms with Crippen molar-refractivity contribution < 1.29 is 4.79 Å². The van der Waals surface area contributed by atoms with Crippen LogP contribution in [0.25, 0.3) is 22.3 Å². The van der Waals surface area contributed by atoms with Crippen molar-refractivity contribution in [2.24, 2.45) is 0 Å². The van der Waals surface area contributed by atoms with Crippen molar-refractivity contribution >= 4 is 5.91 Å². The zero-order valence-electron chi connectivity index (χ0n) is 16.1. The van der Waals surface area contributed by atoms with Crippen molar-refractivity contribution in [2.45, 2.75) is 6.42 Å². The van der Waals surface area contributed by atoms with Gasteiger partial charge in [-0.05, 0) is 46.4 Å². The van der Waals surface area contributed by atoms with Crippen LogP contribution in [0.1, 0.15) is 11.1 Å². The Kier molecular flexibility index (Phi) is 6.04. The molecule has 0 radical (unpaired) electrons. The van der Waals surface area contributed by atoms with Crippen molar-refractivity contribution in [3.63, 3.8) is 0 Å². The number of benzene rings is 3. The number of nitrogens with zero attached hydrogens (tertiary/aromatic N) is 2. The minimum absolute atomic E-state index is 0.0157. The van der Waals surface area contributed by atoms with E-state index in [0.717, 1.165) is 27.8 Å². The molecule has 0 aromatic heterocycles. The van der Waals surface area contributed by atoms with Crippen LogP contribution in [0.15, 0.2) is 84.9 Å². The third-order valence-electron chi connectivity index (χ3n) is 4.61. The molecule has 0 saturated heterocycles. The Bertz CT molecular complexity index is 1040. The van der Waals surface area contributed by atoms with Crippen LogP contribution in [0.4, 0.5) is 0 Å². The standard InChI is InChI=1S/C25H22N2O/c1-27(2)25(28)13-7-10-19-8-3-5-11-23(19)20-14-16-21(17-15-20)24-12-6-4-9-22(24)18-26/h3-9,11-17H,10H2,1-2H3. The third-order valence-corrected chi connectivity index (χ3v) is 4.61. The van der Waals surface area contributed by atoms with E-state index in [4.69, 9.17) is 0 Å². The molecule has 0 fully saturated rings. The van der Waals surface area contributed by atoms with Gasteiger partial charge in [-0.3, -0.25) is 4.79 Å². The molecule has 0 bridgehead atoms. The molecule has 0 saturated carbocycles. The lowest BCUT2D eigenvalue weighted by atomic mass is 9.94. The molecular formula is C25H22N2O. The van der Waals surface area contributed by atoms with E-state index in [1.807, 2.05) is 54.6 Å². The highest BCUT2D eigenvalue weighted by Crippen LogP contribution is 2.29. The molecule has 0 aliphatic rings. The molecule has 3 heteroatoms. The van der Waals surface area contributed by atoms with E-state index < -0.39 is 0 Å². The first-order valence-corrected chi connectivity index (χ1v) is 9.16. The smallest absolute Gasteiger partial charge is 0.245 e. The van der Waals surface area contributed by atoms with Crippen LogP contribution < -0.4 is 0 Å². The minimum atomic E-state index is -0.0157. The molecule has 0 heterocycles. The summed E-state index contributed by atoms with van der Waals surface area (Å²) < 4.78 is 0. The SMILES string of the molecule is CN(C)C(=O)C=CCc1ccccc1-c1ccc(-c2ccccc2C#N)cc1. The molecule has 138 valence electrons. The predicted octanol–water partition coefficient (Wildman–Crippen LogP) is 5.08. The largest absolute Gasteiger partial charge is 0.345 e. The monoisotopic (exact) mass is 366 g/mol. The maximum absolute atomic E-state index is 11.7. The fourth-order valence-corrected chi connectivity index (χ4v) is 3.08. The fraction of sp³-hybridized carbons (Fsp3) is 0.120. The van der Waals surface area contributed by atoms with Crippen LogP contribution in [-0.4, -0.2) is 24.9 Å². The van der Waals surface area contributed by atoms with Gasteiger partial charge in [0.2, 0.25) is 5.91 Å². The Morgan fingerprint density at radius 1 is 0.893 bits per heavy atom. The Morgan fingerprint density at radius 2 is 1.46 bits per heavy atom. The molecule has 0 atom stereocenters. The van der Waals surface area contributed by atoms with Gasteiger partial charge in [-0.1, -0.05) is 72.8 Å². The highest BCUT2D eigenvalue weighted by atomic mass is 16.2. The van der Waals surface area contributed by atoms with E-state index in [9.17, 15) is 10.1 Å². The Hall–Kier alpha value is -3.64. The van der Waals surface area contributed by atoms with Gasteiger partial charge in [0.1, 0.15) is 0 Å². The van der Waals surface area contributed by atoms with E-state index in [-0.39, 0.29) is 5.91 Å². The van der Waals surface area contributed by atoms with Gasteiger partial charge in [0, 0.05) is 14.1 Å². The minimum Gasteiger partial charge on any atom is -0.345 e. The maximum atomic E-state index is 11.7. The summed E-state index contributed by atoms with van der Waals surface area (Å²) in [5.41, 5.74) is 6.05. The summed E-state index contributed by atoms with van der Waals surface area (Å²) in [4.78, 5) is 13.3. The van der Waals surface area contributed by atoms with Crippen molar-refractivity contribution in [3.8, 4) is 28.3 Å². The molecule has 0 spiro atoms. The third kappa shape index (κ3) is 4.36. The highest BCUT2D eigenvalue weighted by Gasteiger charge is 2.07. The van der Waals surface area contributed by atoms with Crippen molar-refractivity contribution in [2.75, 3.05) is 14.1 Å². The van der Waals surface area contributed by atoms with Crippen molar-refractivity contribution in [1.82, 2.24) is 4.90 Å². The summed E-state index contributed by atoms with van der Waals surface area (Å²) in [6.07, 6.45) is 4.20. The summed E-state index contributed by atoms with van der Waals surface area (Å²) in [5.74, 6) is -0.0157. The number of hydrogen-bond acceptors (Lipinski definition) is 2. The van der Waals surface area contributed by atoms with Crippen LogP contribution in [-0.2, 0) is 11.2 Å². The van der Waals surface area contributed by atoms with Gasteiger partial charge >= 0.3 is 0 Å². The van der Waals surface area contributed by atoms with Gasteiger partial charge in [0.25, 0.3) is 0 Å². The summed E-state index contributed by atoms with van der Waals surface area (Å²) in [5, 5.41) is 9.32. The number of likely N-dealkylation sites (N-methyl/N-ethyl adjacent to an activating group) is 1. The molecule has 3 aromatic rings. The number of hydrogen-bond donors (Lipinski definition) is 0. The first kappa shape index (κ1) is 19.1. The average Bonchev–Trinajstić information content (AvgIpc) is 2.74. The van der Waals surface area contributed by atoms with E-state index in [0.29, 0.717) is 12.0 Å². The van der Waals surface area contributed by atoms with E-state index in [1.165, 1.54) is 0 Å². The van der Waals surface area contributed by atoms with Crippen molar-refractivity contribution in [3.05, 3.63) is 96.1 Å². The average molecular weight is 366 g/mol. The molecule has 0 aliphatic heterocycles. The number of allylic oxidation sites excluding steroid dienone is 1. The topological polar surface area (TPSA) is 44.1 Å². The Morgan fingerprint density at radius 3 is 2.11 bits per heavy atom. The highest BCUT2D eigenvalue weighted by molar-refractivity contribution is 5.87. The number of nitriles is 1. The van der Waals surface area contributed by atoms with Crippen LogP contribution >= 0.6 is 0 Å². The van der Waals surface area contributed by atoms with Gasteiger partial charge in [-0.2, -0.15) is 5.26 Å². The molecule has 28 heavy (non-hydrogen) atoms. The summed E-state index contributed by atoms with van der Waals surface area (Å²) in [6.45, 7) is 0. The molecule has 0 N–H and O–H groups in total. The lowest BCUT2D eigenvalue weighted by Crippen LogP contribution is -2.18. The van der Waals surface area contributed by atoms with Gasteiger partial charge in [0.15, 0.2) is 0 Å². The van der Waals surface area contributed by atoms with Gasteiger partial charge in [-0.15, -0.1) is 0 Å². The van der Waals surface area contributed by atoms with Crippen LogP contribution in [0.5, 0.6) is 0 Å². The molecule has 3 aromatic carbocycles. The second-order valence-corrected chi connectivity index (χ2v) is 6.73. The second-order valence-electron chi connectivity index (χ2n) is 6.73. The van der Waals surface area contributed by atoms with E-state index >= 15 is 0 Å². The Balaban J connectivity index is 1.87. The molecule has 0 unspecified atom stereocenters. The van der Waals surface area contributed by atoms with Gasteiger partial charge < -0.3 is 4.90 Å². The van der Waals surface area contributed by atoms with Gasteiger partial charge in [-0.25, -0.2) is 0 Å². The molecular weight excluding hydrogens is 344 g/mol. The fourth-order valence-electron chi connectivity index (χ4n) is 3.08. The normalized spacial score (nSPS) is 10.6. The van der Waals surface area contributed by atoms with E-state index in [2.05, 4.69) is 30.3 Å². The van der Waals surface area contributed by atoms with Crippen molar-refractivity contribution in [1.29, 1.82) is 5.26 Å². The zero-order chi connectivity index (χ0) is 19.9. The molecule has 3 nitrogen and oxygen atoms in total. The molecule has 1 amide bonds. The quantitative estimate of drug-likeness (QED) is 0.591. The summed E-state index contributed by atoms with van der Waals surface area (Å²) >= 11 is 0. The maximum Gasteiger partial charge on any atom is 0.245 e. The van der Waals surface area contributed by atoms with Crippen LogP contribution in [0, 0.1) is 11.3 Å². The Labute approximate surface area is 166 Å². The second kappa shape index (κ2) is 8.83. The van der Waals surface area contributed by atoms with Gasteiger partial charge in [0.05, 0.1) is 11.6 Å². The number of amides is 1. The van der Waals surface area contributed by atoms with E-state index in [1.54, 1.807) is 25.1 Å². The number of carbonyl (C=O) groups excluding carboxylic acids is 1. The summed E-state index contributed by atoms with van der Waals surface area (Å²) in [7, 11) is 3.49. The molecule has 0 aliphatic carbocycles. The zero-order valence-corrected chi connectivity index (χ0v) is 16.1. The number of rotatable bonds is 5. The predicted molar refractivity (Wildman–Crippen MR) is 114 cm³/mol. The van der Waals surface area contributed by atoms with Crippen LogP contribution in [0.3, 0.4) is 0 Å². The molecule has 3 rings (SSSR count). The van der Waals surface area contributed by atoms with Crippen LogP contribution in [0.2, 0.25) is 0 Å². The summed E-state index contributed by atoms with van der Waals surface area (Å²) in [6, 6.07) is 26.3. The lowest BCUT2D eigenvalue weighted by molar-refractivity contribution is -0.123. The lowest BCUT2D eigenvalue weighted by Gasteiger charge is -2.10. The number of carbonyl (C=O) groups is 1. The first-order chi connectivity index (χ1) is 13.6.